The van der Waals surface area contributed by atoms with Crippen LogP contribution in [0.1, 0.15) is 65.2 Å². The van der Waals surface area contributed by atoms with Crippen LogP contribution in [0.4, 0.5) is 0 Å². The Balaban J connectivity index is 1.91. The minimum Gasteiger partial charge on any atom is -0.299 e. The molecule has 4 aliphatic rings. The predicted molar refractivity (Wildman–Crippen MR) is 120 cm³/mol. The molecule has 0 aromatic heterocycles. The summed E-state index contributed by atoms with van der Waals surface area (Å²) < 4.78 is 0. The number of carbonyl (C=O) groups is 2. The van der Waals surface area contributed by atoms with E-state index in [1.165, 1.54) is 0 Å². The molecule has 162 valence electrons. The van der Waals surface area contributed by atoms with Gasteiger partial charge < -0.3 is 0 Å². The molecule has 0 heterocycles. The highest BCUT2D eigenvalue weighted by atomic mass is 16.1. The number of carbonyl (C=O) groups excluding carboxylic acids is 2. The maximum Gasteiger partial charge on any atom is 0.544 e. The van der Waals surface area contributed by atoms with Crippen LogP contribution in [-0.2, 0) is 9.59 Å². The smallest absolute Gasteiger partial charge is 0.299 e. The van der Waals surface area contributed by atoms with Crippen LogP contribution >= 0.6 is 0 Å². The van der Waals surface area contributed by atoms with Crippen LogP contribution in [0, 0.1) is 47.1 Å². The van der Waals surface area contributed by atoms with Crippen molar-refractivity contribution < 1.29 is 9.59 Å². The summed E-state index contributed by atoms with van der Waals surface area (Å²) in [7, 11) is 0. The van der Waals surface area contributed by atoms with E-state index in [1.54, 1.807) is 12.2 Å². The van der Waals surface area contributed by atoms with Crippen molar-refractivity contribution in [1.82, 2.24) is 0 Å². The molecule has 0 aliphatic heterocycles. The molecule has 0 aromatic rings. The van der Waals surface area contributed by atoms with Crippen LogP contribution in [0.2, 0.25) is 0 Å². The molecule has 4 heteroatoms. The minimum absolute atomic E-state index is 0.233. The molecule has 3 fully saturated rings. The standard InChI is InChI=1S/C27H32N2O2/c1-7-14-26(15-8-2)21-11-9-18-19-10-12-22(30)24(19,3)16-13-20(18)25(21,4)17-27(28-5,29-6)23(26)31/h7-8,11,18-20H,1-2,9-10,12-17H2,3-4H3/t18-,19-,20-,24-,25+/m0/s1. The number of Topliss-reactive ketones (excluding diaryl/α,β-unsaturated/α-hetero) is 2. The number of rotatable bonds is 4. The average molecular weight is 417 g/mol. The first-order chi connectivity index (χ1) is 14.7. The van der Waals surface area contributed by atoms with Crippen molar-refractivity contribution in [1.29, 1.82) is 0 Å². The average Bonchev–Trinajstić information content (AvgIpc) is 3.06. The maximum atomic E-state index is 13.8. The van der Waals surface area contributed by atoms with Gasteiger partial charge in [0.2, 0.25) is 0 Å². The third kappa shape index (κ3) is 2.57. The molecule has 31 heavy (non-hydrogen) atoms. The fourth-order valence-corrected chi connectivity index (χ4v) is 8.12. The monoisotopic (exact) mass is 416 g/mol. The molecule has 5 atom stereocenters. The molecule has 4 nitrogen and oxygen atoms in total. The summed E-state index contributed by atoms with van der Waals surface area (Å²) in [5.41, 5.74) is -2.15. The van der Waals surface area contributed by atoms with E-state index in [1.807, 2.05) is 0 Å². The highest BCUT2D eigenvalue weighted by molar-refractivity contribution is 6.01. The lowest BCUT2D eigenvalue weighted by molar-refractivity contribution is -0.139. The molecule has 0 spiro atoms. The van der Waals surface area contributed by atoms with Crippen LogP contribution in [-0.4, -0.2) is 17.2 Å². The van der Waals surface area contributed by atoms with Crippen LogP contribution in [0.15, 0.2) is 37.0 Å². The van der Waals surface area contributed by atoms with Gasteiger partial charge in [0.25, 0.3) is 0 Å². The second-order valence-corrected chi connectivity index (χ2v) is 10.7. The van der Waals surface area contributed by atoms with E-state index >= 15 is 0 Å². The first-order valence-electron chi connectivity index (χ1n) is 11.5. The number of ketones is 2. The predicted octanol–water partition coefficient (Wildman–Crippen LogP) is 5.98. The van der Waals surface area contributed by atoms with Crippen LogP contribution < -0.4 is 0 Å². The third-order valence-electron chi connectivity index (χ3n) is 9.46. The Morgan fingerprint density at radius 2 is 1.68 bits per heavy atom. The van der Waals surface area contributed by atoms with Gasteiger partial charge in [-0.25, -0.2) is 22.8 Å². The number of fused-ring (bicyclic) bond motifs is 5. The van der Waals surface area contributed by atoms with E-state index in [0.717, 1.165) is 31.3 Å². The molecular formula is C27H32N2O2. The van der Waals surface area contributed by atoms with Crippen molar-refractivity contribution in [2.24, 2.45) is 34.0 Å². The van der Waals surface area contributed by atoms with E-state index < -0.39 is 16.5 Å². The molecule has 4 aliphatic carbocycles. The lowest BCUT2D eigenvalue weighted by Gasteiger charge is -2.59. The highest BCUT2D eigenvalue weighted by Gasteiger charge is 2.74. The molecule has 4 rings (SSSR count). The Labute approximate surface area is 186 Å². The van der Waals surface area contributed by atoms with Gasteiger partial charge >= 0.3 is 11.4 Å². The Bertz CT molecular complexity index is 952. The summed E-state index contributed by atoms with van der Waals surface area (Å²) in [6.45, 7) is 27.9. The van der Waals surface area contributed by atoms with Gasteiger partial charge in [0.1, 0.15) is 12.2 Å². The van der Waals surface area contributed by atoms with Crippen molar-refractivity contribution in [2.75, 3.05) is 0 Å². The summed E-state index contributed by atoms with van der Waals surface area (Å²) in [5, 5.41) is 0. The molecule has 3 saturated carbocycles. The molecule has 0 N–H and O–H groups in total. The van der Waals surface area contributed by atoms with E-state index in [0.29, 0.717) is 36.9 Å². The zero-order valence-electron chi connectivity index (χ0n) is 18.7. The summed E-state index contributed by atoms with van der Waals surface area (Å²) in [6, 6.07) is 0. The van der Waals surface area contributed by atoms with Gasteiger partial charge in [0, 0.05) is 17.3 Å². The Morgan fingerprint density at radius 1 is 1.06 bits per heavy atom. The second kappa shape index (κ2) is 7.03. The van der Waals surface area contributed by atoms with Crippen molar-refractivity contribution in [3.63, 3.8) is 0 Å². The van der Waals surface area contributed by atoms with Gasteiger partial charge in [0.05, 0.1) is 5.41 Å². The molecule has 0 bridgehead atoms. The minimum atomic E-state index is -1.69. The Hall–Kier alpha value is -2.46. The Kier molecular flexibility index (Phi) is 4.93. The SMILES string of the molecule is [C-]#[N+]C1([N+]#[C-])C[C@@]2(C)C(=CC[C@@H]3[C@@H]2CC[C@]2(C)C(=O)CC[C@@H]32)C(CC=C)(CC=C)C1=O. The molecular weight excluding hydrogens is 384 g/mol. The molecule has 0 radical (unpaired) electrons. The van der Waals surface area contributed by atoms with Crippen molar-refractivity contribution >= 4 is 11.6 Å². The van der Waals surface area contributed by atoms with E-state index in [2.05, 4.69) is 42.8 Å². The van der Waals surface area contributed by atoms with Gasteiger partial charge in [-0.15, -0.1) is 13.2 Å². The van der Waals surface area contributed by atoms with Gasteiger partial charge in [0.15, 0.2) is 0 Å². The maximum absolute atomic E-state index is 13.8. The fraction of sp³-hybridized carbons (Fsp3) is 0.630. The molecule has 0 aromatic carbocycles. The van der Waals surface area contributed by atoms with E-state index in [4.69, 9.17) is 13.1 Å². The van der Waals surface area contributed by atoms with Gasteiger partial charge in [-0.2, -0.15) is 0 Å². The number of hydrogen-bond donors (Lipinski definition) is 0. The molecule has 0 unspecified atom stereocenters. The molecule has 0 amide bonds. The zero-order chi connectivity index (χ0) is 22.7. The lowest BCUT2D eigenvalue weighted by Crippen LogP contribution is -2.61. The summed E-state index contributed by atoms with van der Waals surface area (Å²) in [4.78, 5) is 34.0. The molecule has 0 saturated heterocycles. The van der Waals surface area contributed by atoms with Crippen molar-refractivity contribution in [3.05, 3.63) is 59.8 Å². The summed E-state index contributed by atoms with van der Waals surface area (Å²) >= 11 is 0. The van der Waals surface area contributed by atoms with Crippen molar-refractivity contribution in [3.8, 4) is 0 Å². The summed E-state index contributed by atoms with van der Waals surface area (Å²) in [6.07, 6.45) is 11.1. The second-order valence-electron chi connectivity index (χ2n) is 10.7. The van der Waals surface area contributed by atoms with E-state index in [-0.39, 0.29) is 23.5 Å². The van der Waals surface area contributed by atoms with Gasteiger partial charge in [-0.05, 0) is 56.3 Å². The normalized spacial score (nSPS) is 39.7. The number of hydrogen-bond acceptors (Lipinski definition) is 2. The highest BCUT2D eigenvalue weighted by Crippen LogP contribution is 2.68. The van der Waals surface area contributed by atoms with Crippen LogP contribution in [0.5, 0.6) is 0 Å². The largest absolute Gasteiger partial charge is 0.544 e. The van der Waals surface area contributed by atoms with Crippen LogP contribution in [0.3, 0.4) is 0 Å². The zero-order valence-corrected chi connectivity index (χ0v) is 18.7. The van der Waals surface area contributed by atoms with Gasteiger partial charge in [-0.3, -0.25) is 9.59 Å². The quantitative estimate of drug-likeness (QED) is 0.418. The lowest BCUT2D eigenvalue weighted by atomic mass is 9.42. The van der Waals surface area contributed by atoms with Crippen LogP contribution in [0.25, 0.3) is 9.69 Å². The first-order valence-corrected chi connectivity index (χ1v) is 11.5. The number of nitrogens with zero attached hydrogens (tertiary/aromatic N) is 2. The number of allylic oxidation sites excluding steroid dienone is 4. The van der Waals surface area contributed by atoms with E-state index in [9.17, 15) is 9.59 Å². The first kappa shape index (κ1) is 21.8. The topological polar surface area (TPSA) is 42.9 Å². The third-order valence-corrected chi connectivity index (χ3v) is 9.46. The van der Waals surface area contributed by atoms with Gasteiger partial charge in [-0.1, -0.05) is 37.6 Å². The summed E-state index contributed by atoms with van der Waals surface area (Å²) in [5.74, 6) is 1.13. The van der Waals surface area contributed by atoms with Crippen molar-refractivity contribution in [2.45, 2.75) is 70.9 Å². The Morgan fingerprint density at radius 3 is 2.26 bits per heavy atom. The fourth-order valence-electron chi connectivity index (χ4n) is 8.12.